The second-order valence-electron chi connectivity index (χ2n) is 8.15. The van der Waals surface area contributed by atoms with Gasteiger partial charge in [-0.2, -0.15) is 0 Å². The summed E-state index contributed by atoms with van der Waals surface area (Å²) in [5.41, 5.74) is 4.06. The number of carboxylic acid groups (broad SMARTS) is 2. The molecule has 0 bridgehead atoms. The molecule has 0 atom stereocenters. The molecule has 0 spiro atoms. The van der Waals surface area contributed by atoms with E-state index in [-0.39, 0.29) is 17.2 Å². The fourth-order valence-electron chi connectivity index (χ4n) is 4.05. The van der Waals surface area contributed by atoms with Gasteiger partial charge < -0.3 is 30.3 Å². The average molecular weight is 483 g/mol. The zero-order valence-electron chi connectivity index (χ0n) is 19.1. The van der Waals surface area contributed by atoms with E-state index in [4.69, 9.17) is 15.0 Å². The van der Waals surface area contributed by atoms with E-state index in [9.17, 15) is 15.3 Å². The van der Waals surface area contributed by atoms with Crippen LogP contribution in [0.1, 0.15) is 23.6 Å². The van der Waals surface area contributed by atoms with Crippen LogP contribution in [0.25, 0.3) is 16.7 Å². The molecule has 1 heterocycles. The van der Waals surface area contributed by atoms with Crippen LogP contribution in [0.15, 0.2) is 91.0 Å². The van der Waals surface area contributed by atoms with Gasteiger partial charge in [0.1, 0.15) is 34.0 Å². The molecule has 4 aromatic carbocycles. The van der Waals surface area contributed by atoms with Crippen LogP contribution in [0.5, 0.6) is 17.2 Å². The molecule has 182 valence electrons. The molecule has 9 heteroatoms. The van der Waals surface area contributed by atoms with Crippen molar-refractivity contribution in [1.82, 2.24) is 15.0 Å². The van der Waals surface area contributed by atoms with Crippen LogP contribution in [-0.4, -0.2) is 36.5 Å². The number of aromatic nitrogens is 3. The van der Waals surface area contributed by atoms with Crippen molar-refractivity contribution in [2.75, 3.05) is 0 Å². The molecule has 5 rings (SSSR count). The highest BCUT2D eigenvalue weighted by molar-refractivity contribution is 5.73. The Labute approximate surface area is 205 Å². The van der Waals surface area contributed by atoms with Crippen LogP contribution in [0.3, 0.4) is 0 Å². The number of fused-ring (bicyclic) bond motifs is 1. The lowest BCUT2D eigenvalue weighted by Crippen LogP contribution is -2.37. The van der Waals surface area contributed by atoms with Crippen molar-refractivity contribution in [3.05, 3.63) is 108 Å². The maximum absolute atomic E-state index is 10.6. The normalized spacial score (nSPS) is 11.0. The van der Waals surface area contributed by atoms with Gasteiger partial charge in [-0.15, -0.1) is 15.0 Å². The molecule has 0 amide bonds. The second-order valence-corrected chi connectivity index (χ2v) is 8.15. The number of hydrogen-bond acceptors (Lipinski definition) is 8. The van der Waals surface area contributed by atoms with Crippen LogP contribution in [0, 0.1) is 0 Å². The molecule has 0 fully saturated rings. The predicted molar refractivity (Wildman–Crippen MR) is 128 cm³/mol. The van der Waals surface area contributed by atoms with Gasteiger partial charge in [0.15, 0.2) is 0 Å². The Hall–Kier alpha value is -5.05. The zero-order valence-corrected chi connectivity index (χ0v) is 19.1. The lowest BCUT2D eigenvalue weighted by molar-refractivity contribution is -0.415. The predicted octanol–water partition coefficient (Wildman–Crippen LogP) is 2.44. The van der Waals surface area contributed by atoms with Crippen molar-refractivity contribution in [3.63, 3.8) is 0 Å². The van der Waals surface area contributed by atoms with Gasteiger partial charge in [-0.05, 0) is 78.3 Å². The number of carbonyl (C=O) groups excluding carboxylic acids is 1. The molecule has 36 heavy (non-hydrogen) atoms. The number of hydrogen-bond donors (Lipinski definition) is 3. The first kappa shape index (κ1) is 24.1. The zero-order chi connectivity index (χ0) is 25.9. The first-order valence-corrected chi connectivity index (χ1v) is 10.8. The van der Waals surface area contributed by atoms with Gasteiger partial charge in [-0.3, -0.25) is 0 Å². The highest BCUT2D eigenvalue weighted by Gasteiger charge is 2.32. The summed E-state index contributed by atoms with van der Waals surface area (Å²) >= 11 is 0. The Morgan fingerprint density at radius 2 is 1.14 bits per heavy atom. The van der Waals surface area contributed by atoms with Crippen LogP contribution in [0.4, 0.5) is 4.79 Å². The van der Waals surface area contributed by atoms with E-state index in [0.717, 1.165) is 27.7 Å². The van der Waals surface area contributed by atoms with Gasteiger partial charge in [0.2, 0.25) is 0 Å². The van der Waals surface area contributed by atoms with Crippen molar-refractivity contribution < 1.29 is 30.3 Å². The maximum atomic E-state index is 10.6. The molecule has 0 saturated heterocycles. The van der Waals surface area contributed by atoms with Gasteiger partial charge in [0.05, 0.1) is 0 Å². The van der Waals surface area contributed by atoms with Crippen LogP contribution in [-0.2, 0) is 5.41 Å². The van der Waals surface area contributed by atoms with E-state index >= 15 is 0 Å². The van der Waals surface area contributed by atoms with E-state index in [1.807, 2.05) is 60.7 Å². The second kappa shape index (κ2) is 9.67. The Balaban J connectivity index is 0.000000709. The molecule has 1 aromatic heterocycles. The van der Waals surface area contributed by atoms with Crippen molar-refractivity contribution in [2.45, 2.75) is 12.3 Å². The minimum atomic E-state index is -2.33. The maximum Gasteiger partial charge on any atom is 0.143 e. The molecule has 0 aliphatic heterocycles. The van der Waals surface area contributed by atoms with Crippen LogP contribution in [0.2, 0.25) is 0 Å². The van der Waals surface area contributed by atoms with Crippen molar-refractivity contribution in [3.8, 4) is 22.9 Å². The summed E-state index contributed by atoms with van der Waals surface area (Å²) in [4.78, 5) is 9.78. The topological polar surface area (TPSA) is 155 Å². The standard InChI is InChI=1S/C26H21N3O3.CH2O3/c1-26(17-6-11-20(30)12-7-17,18-8-13-21(31)14-9-18)19-10-15-25(32)24(16-19)29-27-22-4-2-3-5-23(22)28-29;2-1(3)4/h2-16,30-32H,1H3;(H2,2,3,4)/p-2. The summed E-state index contributed by atoms with van der Waals surface area (Å²) in [5, 5.41) is 55.9. The number of phenolic OH excluding ortho intramolecular Hbond substituents is 3. The molecule has 5 aromatic rings. The van der Waals surface area contributed by atoms with E-state index in [1.54, 1.807) is 30.3 Å². The molecule has 0 saturated carbocycles. The summed E-state index contributed by atoms with van der Waals surface area (Å²) in [6.45, 7) is 2.06. The van der Waals surface area contributed by atoms with Gasteiger partial charge in [0, 0.05) is 5.41 Å². The Kier molecular flexibility index (Phi) is 6.47. The monoisotopic (exact) mass is 483 g/mol. The lowest BCUT2D eigenvalue weighted by Gasteiger charge is -2.32. The van der Waals surface area contributed by atoms with Crippen molar-refractivity contribution >= 4 is 17.2 Å². The summed E-state index contributed by atoms with van der Waals surface area (Å²) in [6, 6.07) is 27.0. The van der Waals surface area contributed by atoms with E-state index in [0.29, 0.717) is 5.69 Å². The Morgan fingerprint density at radius 1 is 0.722 bits per heavy atom. The number of rotatable bonds is 4. The summed E-state index contributed by atoms with van der Waals surface area (Å²) < 4.78 is 0. The SMILES string of the molecule is CC(c1ccc(O)cc1)(c1ccc(O)cc1)c1ccc(O)c(-n2nc3ccccc3n2)c1.O=C([O-])[O-]. The molecule has 0 aliphatic carbocycles. The third-order valence-corrected chi connectivity index (χ3v) is 5.94. The third-order valence-electron chi connectivity index (χ3n) is 5.94. The summed E-state index contributed by atoms with van der Waals surface area (Å²) in [5.74, 6) is 0.425. The fraction of sp³-hybridized carbons (Fsp3) is 0.0741. The van der Waals surface area contributed by atoms with Crippen LogP contribution >= 0.6 is 0 Å². The van der Waals surface area contributed by atoms with E-state index < -0.39 is 11.6 Å². The number of nitrogens with zero attached hydrogens (tertiary/aromatic N) is 3. The third kappa shape index (κ3) is 4.76. The molecule has 0 radical (unpaired) electrons. The summed E-state index contributed by atoms with van der Waals surface area (Å²) in [7, 11) is 0. The van der Waals surface area contributed by atoms with Crippen LogP contribution < -0.4 is 10.2 Å². The molecule has 0 unspecified atom stereocenters. The molecule has 0 aliphatic rings. The van der Waals surface area contributed by atoms with Crippen molar-refractivity contribution in [1.29, 1.82) is 0 Å². The Bertz CT molecular complexity index is 1430. The molecule has 3 N–H and O–H groups in total. The largest absolute Gasteiger partial charge is 0.652 e. The lowest BCUT2D eigenvalue weighted by atomic mass is 9.71. The quantitative estimate of drug-likeness (QED) is 0.329. The average Bonchev–Trinajstić information content (AvgIpc) is 3.28. The summed E-state index contributed by atoms with van der Waals surface area (Å²) in [6.07, 6.45) is -2.33. The van der Waals surface area contributed by atoms with Gasteiger partial charge in [-0.25, -0.2) is 0 Å². The van der Waals surface area contributed by atoms with E-state index in [2.05, 4.69) is 17.1 Å². The highest BCUT2D eigenvalue weighted by Crippen LogP contribution is 2.41. The minimum Gasteiger partial charge on any atom is -0.652 e. The van der Waals surface area contributed by atoms with Gasteiger partial charge in [0.25, 0.3) is 0 Å². The number of phenols is 3. The van der Waals surface area contributed by atoms with Gasteiger partial charge in [-0.1, -0.05) is 42.5 Å². The van der Waals surface area contributed by atoms with Gasteiger partial charge >= 0.3 is 0 Å². The Morgan fingerprint density at radius 3 is 1.58 bits per heavy atom. The number of benzene rings is 4. The number of aromatic hydroxyl groups is 3. The molecular weight excluding hydrogens is 462 g/mol. The molecule has 9 nitrogen and oxygen atoms in total. The minimum absolute atomic E-state index is 0.0628. The van der Waals surface area contributed by atoms with E-state index in [1.165, 1.54) is 4.80 Å². The fourth-order valence-corrected chi connectivity index (χ4v) is 4.05. The van der Waals surface area contributed by atoms with Crippen molar-refractivity contribution in [2.24, 2.45) is 0 Å². The number of carbonyl (C=O) groups is 1. The first-order valence-electron chi connectivity index (χ1n) is 10.8. The smallest absolute Gasteiger partial charge is 0.143 e. The highest BCUT2D eigenvalue weighted by atomic mass is 16.6. The molecular formula is C27H21N3O6-2. The first-order chi connectivity index (χ1) is 17.2.